The molecule has 0 aliphatic carbocycles. The van der Waals surface area contributed by atoms with Gasteiger partial charge < -0.3 is 19.9 Å². The van der Waals surface area contributed by atoms with Gasteiger partial charge >= 0.3 is 0 Å². The highest BCUT2D eigenvalue weighted by molar-refractivity contribution is 5.94. The second-order valence-corrected chi connectivity index (χ2v) is 9.45. The van der Waals surface area contributed by atoms with Crippen molar-refractivity contribution in [2.75, 3.05) is 36.4 Å². The van der Waals surface area contributed by atoms with Crippen molar-refractivity contribution in [3.8, 4) is 5.75 Å². The highest BCUT2D eigenvalue weighted by Crippen LogP contribution is 2.25. The molecule has 0 spiro atoms. The summed E-state index contributed by atoms with van der Waals surface area (Å²) in [6, 6.07) is 20.8. The summed E-state index contributed by atoms with van der Waals surface area (Å²) in [4.78, 5) is 29.4. The molecule has 1 N–H and O–H groups in total. The van der Waals surface area contributed by atoms with Crippen LogP contribution in [0.2, 0.25) is 0 Å². The van der Waals surface area contributed by atoms with Crippen LogP contribution in [0.4, 0.5) is 11.5 Å². The van der Waals surface area contributed by atoms with Crippen LogP contribution in [-0.2, 0) is 4.79 Å². The van der Waals surface area contributed by atoms with E-state index >= 15 is 0 Å². The molecule has 0 unspecified atom stereocenters. The first kappa shape index (κ1) is 23.8. The van der Waals surface area contributed by atoms with E-state index in [1.165, 1.54) is 0 Å². The first-order valence-corrected chi connectivity index (χ1v) is 12.5. The van der Waals surface area contributed by atoms with E-state index in [1.807, 2.05) is 78.6 Å². The Hall–Kier alpha value is -3.94. The van der Waals surface area contributed by atoms with Gasteiger partial charge in [-0.3, -0.25) is 9.59 Å². The first-order valence-electron chi connectivity index (χ1n) is 12.5. The molecule has 1 atom stereocenters. The fraction of sp³-hybridized carbons (Fsp3) is 0.357. The zero-order valence-electron chi connectivity index (χ0n) is 20.5. The number of rotatable bonds is 6. The molecule has 3 aromatic rings. The van der Waals surface area contributed by atoms with Gasteiger partial charge in [-0.2, -0.15) is 5.10 Å². The van der Waals surface area contributed by atoms with Gasteiger partial charge in [-0.05, 0) is 61.9 Å². The largest absolute Gasteiger partial charge is 0.490 e. The molecule has 2 aromatic carbocycles. The zero-order valence-corrected chi connectivity index (χ0v) is 20.5. The second-order valence-electron chi connectivity index (χ2n) is 9.45. The number of aromatic nitrogens is 2. The van der Waals surface area contributed by atoms with Crippen LogP contribution in [-0.4, -0.2) is 59.2 Å². The van der Waals surface area contributed by atoms with E-state index in [4.69, 9.17) is 4.74 Å². The first-order chi connectivity index (χ1) is 17.5. The number of ether oxygens (including phenoxy) is 1. The number of carbonyl (C=O) groups is 2. The summed E-state index contributed by atoms with van der Waals surface area (Å²) in [5.41, 5.74) is 2.36. The van der Waals surface area contributed by atoms with Crippen LogP contribution in [0.3, 0.4) is 0 Å². The van der Waals surface area contributed by atoms with Crippen LogP contribution in [0.1, 0.15) is 35.3 Å². The molecule has 3 heterocycles. The van der Waals surface area contributed by atoms with Gasteiger partial charge in [0.15, 0.2) is 5.82 Å². The minimum absolute atomic E-state index is 0.0155. The fourth-order valence-electron chi connectivity index (χ4n) is 4.74. The Labute approximate surface area is 211 Å². The maximum atomic E-state index is 12.8. The molecule has 5 rings (SSSR count). The highest BCUT2D eigenvalue weighted by atomic mass is 16.5. The van der Waals surface area contributed by atoms with Gasteiger partial charge in [0.25, 0.3) is 5.91 Å². The van der Waals surface area contributed by atoms with Crippen molar-refractivity contribution in [2.45, 2.75) is 32.3 Å². The standard InChI is InChI=1S/C28H31N5O3/c1-20-7-12-26(31-30-20)33-16-13-22(19-33)27(34)29-23-8-10-24(11-9-23)36-25-14-17-32(18-15-25)28(35)21-5-3-2-4-6-21/h2-12,22,25H,13-19H2,1H3,(H,29,34)/t22-/m0/s1. The Morgan fingerprint density at radius 1 is 0.889 bits per heavy atom. The van der Waals surface area contributed by atoms with Crippen molar-refractivity contribution in [1.82, 2.24) is 15.1 Å². The number of amides is 2. The van der Waals surface area contributed by atoms with Gasteiger partial charge in [0, 0.05) is 50.3 Å². The monoisotopic (exact) mass is 485 g/mol. The summed E-state index contributed by atoms with van der Waals surface area (Å²) in [5, 5.41) is 11.4. The lowest BCUT2D eigenvalue weighted by Crippen LogP contribution is -2.41. The quantitative estimate of drug-likeness (QED) is 0.569. The summed E-state index contributed by atoms with van der Waals surface area (Å²) in [6.45, 7) is 4.69. The molecule has 0 bridgehead atoms. The van der Waals surface area contributed by atoms with Crippen LogP contribution in [0.5, 0.6) is 5.75 Å². The number of hydrogen-bond acceptors (Lipinski definition) is 6. The average Bonchev–Trinajstić information content (AvgIpc) is 3.41. The lowest BCUT2D eigenvalue weighted by Gasteiger charge is -2.32. The number of likely N-dealkylation sites (tertiary alicyclic amines) is 1. The number of anilines is 2. The minimum atomic E-state index is -0.0900. The Morgan fingerprint density at radius 3 is 2.33 bits per heavy atom. The number of hydrogen-bond donors (Lipinski definition) is 1. The Bertz CT molecular complexity index is 1180. The molecule has 2 saturated heterocycles. The number of nitrogens with one attached hydrogen (secondary N) is 1. The molecule has 36 heavy (non-hydrogen) atoms. The maximum absolute atomic E-state index is 12.8. The van der Waals surface area contributed by atoms with Crippen molar-refractivity contribution < 1.29 is 14.3 Å². The molecule has 1 aromatic heterocycles. The second kappa shape index (κ2) is 10.8. The van der Waals surface area contributed by atoms with Gasteiger partial charge in [-0.15, -0.1) is 5.10 Å². The molecule has 2 fully saturated rings. The summed E-state index contributed by atoms with van der Waals surface area (Å²) in [6.07, 6.45) is 2.44. The van der Waals surface area contributed by atoms with Crippen molar-refractivity contribution >= 4 is 23.3 Å². The Balaban J connectivity index is 1.08. The number of benzene rings is 2. The van der Waals surface area contributed by atoms with Gasteiger partial charge in [0.1, 0.15) is 11.9 Å². The van der Waals surface area contributed by atoms with Crippen LogP contribution < -0.4 is 15.0 Å². The molecule has 0 saturated carbocycles. The van der Waals surface area contributed by atoms with Gasteiger partial charge in [-0.25, -0.2) is 0 Å². The lowest BCUT2D eigenvalue weighted by molar-refractivity contribution is -0.119. The highest BCUT2D eigenvalue weighted by Gasteiger charge is 2.29. The summed E-state index contributed by atoms with van der Waals surface area (Å²) in [5.74, 6) is 1.58. The van der Waals surface area contributed by atoms with Crippen molar-refractivity contribution in [1.29, 1.82) is 0 Å². The maximum Gasteiger partial charge on any atom is 0.253 e. The van der Waals surface area contributed by atoms with E-state index in [2.05, 4.69) is 20.4 Å². The zero-order chi connectivity index (χ0) is 24.9. The van der Waals surface area contributed by atoms with E-state index in [0.717, 1.165) is 54.3 Å². The molecule has 8 nitrogen and oxygen atoms in total. The summed E-state index contributed by atoms with van der Waals surface area (Å²) in [7, 11) is 0. The van der Waals surface area contributed by atoms with Crippen LogP contribution in [0.25, 0.3) is 0 Å². The van der Waals surface area contributed by atoms with Crippen LogP contribution >= 0.6 is 0 Å². The van der Waals surface area contributed by atoms with Crippen LogP contribution in [0, 0.1) is 12.8 Å². The average molecular weight is 486 g/mol. The third kappa shape index (κ3) is 5.64. The predicted molar refractivity (Wildman–Crippen MR) is 138 cm³/mol. The van der Waals surface area contributed by atoms with Gasteiger partial charge in [0.2, 0.25) is 5.91 Å². The molecular formula is C28H31N5O3. The van der Waals surface area contributed by atoms with Crippen molar-refractivity contribution in [3.63, 3.8) is 0 Å². The van der Waals surface area contributed by atoms with Crippen LogP contribution in [0.15, 0.2) is 66.7 Å². The van der Waals surface area contributed by atoms with E-state index in [-0.39, 0.29) is 23.8 Å². The van der Waals surface area contributed by atoms with E-state index in [1.54, 1.807) is 0 Å². The molecule has 8 heteroatoms. The predicted octanol–water partition coefficient (Wildman–Crippen LogP) is 3.93. The number of nitrogens with zero attached hydrogens (tertiary/aromatic N) is 4. The van der Waals surface area contributed by atoms with E-state index < -0.39 is 0 Å². The smallest absolute Gasteiger partial charge is 0.253 e. The third-order valence-corrected chi connectivity index (χ3v) is 6.84. The van der Waals surface area contributed by atoms with Crippen molar-refractivity contribution in [2.24, 2.45) is 5.92 Å². The SMILES string of the molecule is Cc1ccc(N2CC[C@H](C(=O)Nc3ccc(OC4CCN(C(=O)c5ccccc5)CC4)cc3)C2)nn1. The molecule has 186 valence electrons. The van der Waals surface area contributed by atoms with E-state index in [9.17, 15) is 9.59 Å². The summed E-state index contributed by atoms with van der Waals surface area (Å²) >= 11 is 0. The number of carbonyl (C=O) groups excluding carboxylic acids is 2. The molecular weight excluding hydrogens is 454 g/mol. The number of piperidine rings is 1. The fourth-order valence-corrected chi connectivity index (χ4v) is 4.74. The molecule has 2 aliphatic rings. The van der Waals surface area contributed by atoms with Gasteiger partial charge in [0.05, 0.1) is 11.6 Å². The van der Waals surface area contributed by atoms with E-state index in [0.29, 0.717) is 19.6 Å². The minimum Gasteiger partial charge on any atom is -0.490 e. The Kier molecular flexibility index (Phi) is 7.11. The topological polar surface area (TPSA) is 87.7 Å². The molecule has 2 amide bonds. The number of aryl methyl sites for hydroxylation is 1. The normalized spacial score (nSPS) is 18.2. The summed E-state index contributed by atoms with van der Waals surface area (Å²) < 4.78 is 6.15. The lowest BCUT2D eigenvalue weighted by atomic mass is 10.1. The third-order valence-electron chi connectivity index (χ3n) is 6.84. The van der Waals surface area contributed by atoms with Crippen molar-refractivity contribution in [3.05, 3.63) is 78.0 Å². The molecule has 2 aliphatic heterocycles. The Morgan fingerprint density at radius 2 is 1.64 bits per heavy atom. The molecule has 0 radical (unpaired) electrons. The van der Waals surface area contributed by atoms with Gasteiger partial charge in [-0.1, -0.05) is 18.2 Å².